The van der Waals surface area contributed by atoms with Crippen molar-refractivity contribution in [2.24, 2.45) is 5.41 Å². The van der Waals surface area contributed by atoms with E-state index in [0.717, 1.165) is 12.2 Å². The lowest BCUT2D eigenvalue weighted by molar-refractivity contribution is -0.172. The first-order valence-electron chi connectivity index (χ1n) is 7.72. The van der Waals surface area contributed by atoms with Crippen LogP contribution in [0.15, 0.2) is 24.3 Å². The summed E-state index contributed by atoms with van der Waals surface area (Å²) < 4.78 is 11.1. The van der Waals surface area contributed by atoms with Crippen molar-refractivity contribution in [2.45, 2.75) is 31.8 Å². The molecule has 0 N–H and O–H groups in total. The van der Waals surface area contributed by atoms with E-state index < -0.39 is 5.60 Å². The third-order valence-electron chi connectivity index (χ3n) is 5.01. The highest BCUT2D eigenvalue weighted by atomic mass is 16.6. The Morgan fingerprint density at radius 2 is 2.05 bits per heavy atom. The van der Waals surface area contributed by atoms with Gasteiger partial charge in [-0.2, -0.15) is 0 Å². The van der Waals surface area contributed by atoms with Crippen LogP contribution in [0.4, 0.5) is 0 Å². The maximum atomic E-state index is 12.6. The molecule has 0 saturated carbocycles. The molecule has 3 heterocycles. The third kappa shape index (κ3) is 1.99. The minimum atomic E-state index is -0.966. The topological polar surface area (TPSA) is 55.8 Å². The molecule has 5 heteroatoms. The number of hydrogen-bond acceptors (Lipinski definition) is 4. The monoisotopic (exact) mass is 301 g/mol. The van der Waals surface area contributed by atoms with Gasteiger partial charge in [-0.25, -0.2) is 0 Å². The Morgan fingerprint density at radius 3 is 2.77 bits per heavy atom. The quantitative estimate of drug-likeness (QED) is 0.739. The van der Waals surface area contributed by atoms with E-state index in [0.29, 0.717) is 32.5 Å². The highest BCUT2D eigenvalue weighted by Gasteiger charge is 2.53. The number of rotatable bonds is 1. The van der Waals surface area contributed by atoms with E-state index in [1.165, 1.54) is 5.56 Å². The van der Waals surface area contributed by atoms with E-state index in [9.17, 15) is 9.59 Å². The lowest BCUT2D eigenvalue weighted by Crippen LogP contribution is -2.66. The molecule has 1 amide bonds. The predicted molar refractivity (Wildman–Crippen MR) is 78.4 cm³/mol. The minimum Gasteiger partial charge on any atom is -0.493 e. The number of nitrogens with zero attached hydrogens (tertiary/aromatic N) is 1. The Labute approximate surface area is 129 Å². The first-order valence-corrected chi connectivity index (χ1v) is 7.72. The maximum Gasteiger partial charge on any atom is 0.307 e. The molecule has 3 aliphatic rings. The molecule has 5 nitrogen and oxygen atoms in total. The molecular weight excluding hydrogens is 282 g/mol. The molecule has 0 radical (unpaired) electrons. The third-order valence-corrected chi connectivity index (χ3v) is 5.01. The van der Waals surface area contributed by atoms with Crippen molar-refractivity contribution in [3.63, 3.8) is 0 Å². The summed E-state index contributed by atoms with van der Waals surface area (Å²) in [6.45, 7) is 3.71. The Kier molecular flexibility index (Phi) is 2.77. The van der Waals surface area contributed by atoms with Crippen LogP contribution in [0.5, 0.6) is 5.75 Å². The molecule has 1 spiro atoms. The van der Waals surface area contributed by atoms with E-state index in [4.69, 9.17) is 9.47 Å². The zero-order valence-corrected chi connectivity index (χ0v) is 12.6. The lowest BCUT2D eigenvalue weighted by Gasteiger charge is -2.53. The van der Waals surface area contributed by atoms with Gasteiger partial charge >= 0.3 is 5.97 Å². The lowest BCUT2D eigenvalue weighted by atomic mass is 9.73. The van der Waals surface area contributed by atoms with Crippen LogP contribution < -0.4 is 4.74 Å². The second kappa shape index (κ2) is 4.48. The van der Waals surface area contributed by atoms with Gasteiger partial charge in [-0.15, -0.1) is 0 Å². The van der Waals surface area contributed by atoms with Crippen molar-refractivity contribution in [3.05, 3.63) is 29.8 Å². The van der Waals surface area contributed by atoms with E-state index in [1.807, 2.05) is 18.2 Å². The van der Waals surface area contributed by atoms with E-state index >= 15 is 0 Å². The van der Waals surface area contributed by atoms with Crippen LogP contribution in [-0.4, -0.2) is 42.1 Å². The number of carbonyl (C=O) groups excluding carboxylic acids is 2. The summed E-state index contributed by atoms with van der Waals surface area (Å²) in [4.78, 5) is 25.7. The number of likely N-dealkylation sites (tertiary alicyclic amines) is 1. The number of cyclic esters (lactones) is 1. The normalized spacial score (nSPS) is 28.6. The Bertz CT molecular complexity index is 650. The minimum absolute atomic E-state index is 0.0169. The molecule has 2 saturated heterocycles. The van der Waals surface area contributed by atoms with Crippen LogP contribution in [0.25, 0.3) is 0 Å². The molecule has 22 heavy (non-hydrogen) atoms. The fourth-order valence-corrected chi connectivity index (χ4v) is 3.77. The van der Waals surface area contributed by atoms with E-state index in [1.54, 1.807) is 11.8 Å². The Morgan fingerprint density at radius 1 is 1.27 bits per heavy atom. The summed E-state index contributed by atoms with van der Waals surface area (Å²) in [5.41, 5.74) is 0.258. The number of fused-ring (bicyclic) bond motifs is 1. The summed E-state index contributed by atoms with van der Waals surface area (Å²) in [7, 11) is 0. The van der Waals surface area contributed by atoms with Gasteiger partial charge in [0.15, 0.2) is 5.60 Å². The van der Waals surface area contributed by atoms with Gasteiger partial charge in [-0.05, 0) is 25.0 Å². The average molecular weight is 301 g/mol. The molecule has 4 rings (SSSR count). The highest BCUT2D eigenvalue weighted by Crippen LogP contribution is 2.42. The van der Waals surface area contributed by atoms with Crippen molar-refractivity contribution in [2.75, 3.05) is 19.7 Å². The molecule has 0 aliphatic carbocycles. The molecular formula is C17H19NO4. The van der Waals surface area contributed by atoms with Crippen LogP contribution >= 0.6 is 0 Å². The number of ether oxygens (including phenoxy) is 2. The van der Waals surface area contributed by atoms with Gasteiger partial charge in [0, 0.05) is 31.3 Å². The fourth-order valence-electron chi connectivity index (χ4n) is 3.77. The number of carbonyl (C=O) groups is 2. The van der Waals surface area contributed by atoms with Gasteiger partial charge in [0.25, 0.3) is 5.91 Å². The molecule has 1 aromatic carbocycles. The Hall–Kier alpha value is -2.04. The van der Waals surface area contributed by atoms with Crippen molar-refractivity contribution >= 4 is 11.9 Å². The summed E-state index contributed by atoms with van der Waals surface area (Å²) in [5, 5.41) is 0. The van der Waals surface area contributed by atoms with E-state index in [2.05, 4.69) is 6.07 Å². The van der Waals surface area contributed by atoms with Gasteiger partial charge in [-0.3, -0.25) is 9.59 Å². The summed E-state index contributed by atoms with van der Waals surface area (Å²) in [6, 6.07) is 8.06. The van der Waals surface area contributed by atoms with Crippen LogP contribution in [-0.2, 0) is 20.7 Å². The van der Waals surface area contributed by atoms with Gasteiger partial charge in [0.1, 0.15) is 5.75 Å². The Balaban J connectivity index is 1.44. The van der Waals surface area contributed by atoms with Gasteiger partial charge in [0.05, 0.1) is 6.61 Å². The molecule has 0 bridgehead atoms. The number of hydrogen-bond donors (Lipinski definition) is 0. The average Bonchev–Trinajstić information content (AvgIpc) is 2.84. The standard InChI is InChI=1S/C17H19NO4/c1-16(7-6-14(19)22-16)15(20)18-9-17(10-18)8-12-4-2-3-5-13(12)21-11-17/h2-5H,6-11H2,1H3. The number of amides is 1. The smallest absolute Gasteiger partial charge is 0.307 e. The van der Waals surface area contributed by atoms with Gasteiger partial charge < -0.3 is 14.4 Å². The zero-order valence-electron chi connectivity index (χ0n) is 12.6. The molecule has 2 fully saturated rings. The zero-order chi connectivity index (χ0) is 15.4. The van der Waals surface area contributed by atoms with Crippen molar-refractivity contribution in [3.8, 4) is 5.75 Å². The molecule has 1 unspecified atom stereocenters. The summed E-state index contributed by atoms with van der Waals surface area (Å²) in [5.74, 6) is 0.610. The summed E-state index contributed by atoms with van der Waals surface area (Å²) in [6.07, 6.45) is 1.74. The summed E-state index contributed by atoms with van der Waals surface area (Å²) >= 11 is 0. The molecule has 116 valence electrons. The molecule has 1 atom stereocenters. The number of para-hydroxylation sites is 1. The number of esters is 1. The second-order valence-corrected chi connectivity index (χ2v) is 6.94. The molecule has 0 aromatic heterocycles. The van der Waals surface area contributed by atoms with Crippen molar-refractivity contribution in [1.29, 1.82) is 0 Å². The first kappa shape index (κ1) is 13.6. The molecule has 1 aromatic rings. The fraction of sp³-hybridized carbons (Fsp3) is 0.529. The van der Waals surface area contributed by atoms with E-state index in [-0.39, 0.29) is 17.3 Å². The molecule has 3 aliphatic heterocycles. The second-order valence-electron chi connectivity index (χ2n) is 6.94. The van der Waals surface area contributed by atoms with Gasteiger partial charge in [-0.1, -0.05) is 18.2 Å². The highest BCUT2D eigenvalue weighted by molar-refractivity contribution is 5.90. The van der Waals surface area contributed by atoms with Crippen LogP contribution in [0, 0.1) is 5.41 Å². The maximum absolute atomic E-state index is 12.6. The SMILES string of the molecule is CC1(C(=O)N2CC3(COc4ccccc4C3)C2)CCC(=O)O1. The van der Waals surface area contributed by atoms with Crippen molar-refractivity contribution < 1.29 is 19.1 Å². The first-order chi connectivity index (χ1) is 10.5. The van der Waals surface area contributed by atoms with Crippen LogP contribution in [0.1, 0.15) is 25.3 Å². The van der Waals surface area contributed by atoms with Crippen molar-refractivity contribution in [1.82, 2.24) is 4.90 Å². The van der Waals surface area contributed by atoms with Crippen LogP contribution in [0.3, 0.4) is 0 Å². The predicted octanol–water partition coefficient (Wildman–Crippen LogP) is 1.55. The largest absolute Gasteiger partial charge is 0.493 e. The van der Waals surface area contributed by atoms with Gasteiger partial charge in [0.2, 0.25) is 0 Å². The number of benzene rings is 1. The van der Waals surface area contributed by atoms with Crippen LogP contribution in [0.2, 0.25) is 0 Å².